The molecule has 0 spiro atoms. The number of hydrogen-bond donors (Lipinski definition) is 2. The van der Waals surface area contributed by atoms with Crippen LogP contribution in [-0.2, 0) is 18.4 Å². The maximum absolute atomic E-state index is 13.2. The number of halogens is 2. The van der Waals surface area contributed by atoms with Crippen LogP contribution >= 0.6 is 23.2 Å². The van der Waals surface area contributed by atoms with Gasteiger partial charge in [0.25, 0.3) is 11.5 Å². The molecule has 9 nitrogen and oxygen atoms in total. The number of amides is 1. The Bertz CT molecular complexity index is 1460. The van der Waals surface area contributed by atoms with Gasteiger partial charge in [-0.05, 0) is 47.5 Å². The van der Waals surface area contributed by atoms with Gasteiger partial charge >= 0.3 is 5.69 Å². The van der Waals surface area contributed by atoms with Crippen molar-refractivity contribution >= 4 is 40.0 Å². The summed E-state index contributed by atoms with van der Waals surface area (Å²) in [5, 5.41) is 5.18. The van der Waals surface area contributed by atoms with Gasteiger partial charge in [0.15, 0.2) is 0 Å². The van der Waals surface area contributed by atoms with Crippen molar-refractivity contribution in [2.75, 3.05) is 13.7 Å². The molecule has 0 atom stereocenters. The Morgan fingerprint density at radius 1 is 1.12 bits per heavy atom. The number of hydrazine groups is 1. The van der Waals surface area contributed by atoms with Crippen molar-refractivity contribution in [1.82, 2.24) is 25.0 Å². The molecular weight excluding hydrogens is 481 g/mol. The second-order valence-corrected chi connectivity index (χ2v) is 8.38. The van der Waals surface area contributed by atoms with E-state index >= 15 is 0 Å². The van der Waals surface area contributed by atoms with E-state index in [0.29, 0.717) is 26.7 Å². The number of nitrogens with zero attached hydrogens (tertiary/aromatic N) is 3. The van der Waals surface area contributed by atoms with Crippen LogP contribution in [0.5, 0.6) is 0 Å². The number of fused-ring (bicyclic) bond motifs is 1. The topological polar surface area (TPSA) is 97.6 Å². The van der Waals surface area contributed by atoms with Crippen molar-refractivity contribution in [2.45, 2.75) is 6.54 Å². The van der Waals surface area contributed by atoms with Gasteiger partial charge in [0, 0.05) is 25.4 Å². The van der Waals surface area contributed by atoms with Crippen LogP contribution in [0, 0.1) is 0 Å². The molecule has 0 saturated heterocycles. The lowest BCUT2D eigenvalue weighted by Crippen LogP contribution is -2.39. The monoisotopic (exact) mass is 501 g/mol. The summed E-state index contributed by atoms with van der Waals surface area (Å²) < 4.78 is 2.48. The van der Waals surface area contributed by atoms with E-state index in [-0.39, 0.29) is 24.4 Å². The van der Waals surface area contributed by atoms with E-state index in [0.717, 1.165) is 10.1 Å². The highest BCUT2D eigenvalue weighted by Gasteiger charge is 2.15. The molecule has 176 valence electrons. The van der Waals surface area contributed by atoms with Crippen molar-refractivity contribution in [3.05, 3.63) is 102 Å². The largest absolute Gasteiger partial charge is 0.348 e. The van der Waals surface area contributed by atoms with Gasteiger partial charge in [0.05, 0.1) is 40.8 Å². The van der Waals surface area contributed by atoms with Crippen molar-refractivity contribution in [3.63, 3.8) is 0 Å². The minimum absolute atomic E-state index is 0.0146. The molecule has 1 aromatic heterocycles. The van der Waals surface area contributed by atoms with Crippen LogP contribution in [0.25, 0.3) is 10.9 Å². The van der Waals surface area contributed by atoms with Crippen LogP contribution in [0.2, 0.25) is 10.0 Å². The standard InChI is InChI=1S/C23H21Cl2N5O4/c1-28-20-6-4-16(21(31)26-11-15-7-8-30(34-2)27-12-15)10-17(20)22(32)29(23(28)33)13-14-3-5-18(24)19(25)9-14/h3-10,12,27H,11,13H2,1-2H3,(H,26,31). The quantitative estimate of drug-likeness (QED) is 0.538. The average molecular weight is 502 g/mol. The first kappa shape index (κ1) is 23.6. The van der Waals surface area contributed by atoms with E-state index in [1.54, 1.807) is 55.9 Å². The van der Waals surface area contributed by atoms with Gasteiger partial charge < -0.3 is 5.32 Å². The third-order valence-electron chi connectivity index (χ3n) is 5.39. The van der Waals surface area contributed by atoms with Crippen molar-refractivity contribution in [1.29, 1.82) is 0 Å². The Hall–Kier alpha value is -3.53. The fourth-order valence-electron chi connectivity index (χ4n) is 3.53. The van der Waals surface area contributed by atoms with E-state index in [1.807, 2.05) is 0 Å². The Labute approximate surface area is 204 Å². The molecule has 0 bridgehead atoms. The van der Waals surface area contributed by atoms with Crippen molar-refractivity contribution in [2.24, 2.45) is 7.05 Å². The fourth-order valence-corrected chi connectivity index (χ4v) is 3.85. The number of aromatic nitrogens is 2. The second kappa shape index (κ2) is 9.76. The van der Waals surface area contributed by atoms with E-state index in [1.165, 1.54) is 22.9 Å². The average Bonchev–Trinajstić information content (AvgIpc) is 2.85. The summed E-state index contributed by atoms with van der Waals surface area (Å²) in [6, 6.07) is 9.58. The Morgan fingerprint density at radius 3 is 2.59 bits per heavy atom. The minimum atomic E-state index is -0.499. The van der Waals surface area contributed by atoms with Gasteiger partial charge in [-0.15, -0.1) is 0 Å². The van der Waals surface area contributed by atoms with Gasteiger partial charge in [-0.25, -0.2) is 4.79 Å². The number of carbonyl (C=O) groups is 1. The molecule has 0 radical (unpaired) electrons. The van der Waals surface area contributed by atoms with Crippen LogP contribution < -0.4 is 22.0 Å². The lowest BCUT2D eigenvalue weighted by atomic mass is 10.1. The summed E-state index contributed by atoms with van der Waals surface area (Å²) in [4.78, 5) is 43.8. The first-order valence-electron chi connectivity index (χ1n) is 10.2. The molecule has 2 aromatic carbocycles. The molecule has 11 heteroatoms. The molecule has 2 heterocycles. The van der Waals surface area contributed by atoms with Gasteiger partial charge in [0.1, 0.15) is 0 Å². The van der Waals surface area contributed by atoms with Crippen LogP contribution in [0.4, 0.5) is 0 Å². The first-order chi connectivity index (χ1) is 16.3. The van der Waals surface area contributed by atoms with Gasteiger partial charge in [-0.1, -0.05) is 29.3 Å². The van der Waals surface area contributed by atoms with Crippen LogP contribution in [0.1, 0.15) is 15.9 Å². The number of benzene rings is 2. The molecule has 1 aliphatic heterocycles. The van der Waals surface area contributed by atoms with Crippen LogP contribution in [-0.4, -0.2) is 33.9 Å². The Kier molecular flexibility index (Phi) is 6.78. The third kappa shape index (κ3) is 4.72. The molecule has 0 unspecified atom stereocenters. The van der Waals surface area contributed by atoms with E-state index in [2.05, 4.69) is 10.7 Å². The maximum Gasteiger partial charge on any atom is 0.331 e. The number of rotatable bonds is 6. The maximum atomic E-state index is 13.2. The molecule has 0 aliphatic carbocycles. The number of hydrogen-bond acceptors (Lipinski definition) is 6. The third-order valence-corrected chi connectivity index (χ3v) is 6.13. The molecule has 0 saturated carbocycles. The highest BCUT2D eigenvalue weighted by molar-refractivity contribution is 6.42. The number of carbonyl (C=O) groups excluding carboxylic acids is 1. The summed E-state index contributed by atoms with van der Waals surface area (Å²) in [5.74, 6) is -0.352. The predicted molar refractivity (Wildman–Crippen MR) is 131 cm³/mol. The zero-order valence-electron chi connectivity index (χ0n) is 18.3. The predicted octanol–water partition coefficient (Wildman–Crippen LogP) is 2.56. The summed E-state index contributed by atoms with van der Waals surface area (Å²) in [5.41, 5.74) is 4.11. The smallest absolute Gasteiger partial charge is 0.331 e. The number of aryl methyl sites for hydroxylation is 1. The summed E-state index contributed by atoms with van der Waals surface area (Å²) in [6.45, 7) is 0.285. The molecule has 0 fully saturated rings. The Morgan fingerprint density at radius 2 is 1.91 bits per heavy atom. The molecule has 1 amide bonds. The Balaban J connectivity index is 1.62. The number of nitrogens with one attached hydrogen (secondary N) is 2. The van der Waals surface area contributed by atoms with Crippen molar-refractivity contribution in [3.8, 4) is 0 Å². The highest BCUT2D eigenvalue weighted by Crippen LogP contribution is 2.22. The summed E-state index contributed by atoms with van der Waals surface area (Å²) >= 11 is 12.0. The molecular formula is C23H21Cl2N5O4. The van der Waals surface area contributed by atoms with E-state index in [4.69, 9.17) is 28.0 Å². The minimum Gasteiger partial charge on any atom is -0.348 e. The van der Waals surface area contributed by atoms with Gasteiger partial charge in [-0.2, -0.15) is 5.17 Å². The summed E-state index contributed by atoms with van der Waals surface area (Å²) in [6.07, 6.45) is 5.16. The van der Waals surface area contributed by atoms with E-state index < -0.39 is 11.2 Å². The van der Waals surface area contributed by atoms with Crippen molar-refractivity contribution < 1.29 is 9.63 Å². The van der Waals surface area contributed by atoms with Gasteiger partial charge in [0.2, 0.25) is 0 Å². The molecule has 1 aliphatic rings. The molecule has 4 rings (SSSR count). The number of hydroxylamine groups is 1. The normalized spacial score (nSPS) is 13.1. The summed E-state index contributed by atoms with van der Waals surface area (Å²) in [7, 11) is 3.10. The lowest BCUT2D eigenvalue weighted by Gasteiger charge is -2.21. The first-order valence-corrected chi connectivity index (χ1v) is 11.0. The molecule has 2 N–H and O–H groups in total. The van der Waals surface area contributed by atoms with E-state index in [9.17, 15) is 14.4 Å². The zero-order valence-corrected chi connectivity index (χ0v) is 19.9. The van der Waals surface area contributed by atoms with Gasteiger partial charge in [-0.3, -0.25) is 29.0 Å². The fraction of sp³-hybridized carbons (Fsp3) is 0.174. The molecule has 34 heavy (non-hydrogen) atoms. The lowest BCUT2D eigenvalue weighted by molar-refractivity contribution is -0.119. The van der Waals surface area contributed by atoms with Crippen LogP contribution in [0.15, 0.2) is 70.0 Å². The highest BCUT2D eigenvalue weighted by atomic mass is 35.5. The van der Waals surface area contributed by atoms with Crippen LogP contribution in [0.3, 0.4) is 0 Å². The molecule has 3 aromatic rings. The SMILES string of the molecule is CON1C=CC(CNC(=O)c2ccc3c(c2)c(=O)n(Cc2ccc(Cl)c(Cl)c2)c(=O)n3C)=CN1. The second-order valence-electron chi connectivity index (χ2n) is 7.57. The zero-order chi connectivity index (χ0) is 24.4.